The van der Waals surface area contributed by atoms with Gasteiger partial charge in [-0.25, -0.2) is 9.78 Å². The van der Waals surface area contributed by atoms with Crippen LogP contribution in [0.3, 0.4) is 0 Å². The third kappa shape index (κ3) is 2.05. The number of carboxylic acid groups (broad SMARTS) is 1. The molecule has 1 aromatic rings. The molecule has 2 aliphatic heterocycles. The second-order valence-electron chi connectivity index (χ2n) is 4.95. The fraction of sp³-hybridized carbons (Fsp3) is 0.500. The Morgan fingerprint density at radius 3 is 2.44 bits per heavy atom. The van der Waals surface area contributed by atoms with Gasteiger partial charge in [0.1, 0.15) is 5.82 Å². The van der Waals surface area contributed by atoms with Crippen LogP contribution in [0.15, 0.2) is 22.8 Å². The molecule has 5 nitrogen and oxygen atoms in total. The topological polar surface area (TPSA) is 56.7 Å². The summed E-state index contributed by atoms with van der Waals surface area (Å²) in [5.74, 6) is 1.88. The second kappa shape index (κ2) is 4.42. The van der Waals surface area contributed by atoms with Gasteiger partial charge in [0.2, 0.25) is 0 Å². The summed E-state index contributed by atoms with van der Waals surface area (Å²) in [6.45, 7) is 3.13. The van der Waals surface area contributed by atoms with Crippen molar-refractivity contribution < 1.29 is 9.90 Å². The zero-order valence-corrected chi connectivity index (χ0v) is 11.4. The number of hydrogen-bond acceptors (Lipinski definition) is 3. The van der Waals surface area contributed by atoms with Gasteiger partial charge in [0.25, 0.3) is 0 Å². The molecule has 18 heavy (non-hydrogen) atoms. The Bertz CT molecular complexity index is 451. The van der Waals surface area contributed by atoms with E-state index in [4.69, 9.17) is 5.11 Å². The highest BCUT2D eigenvalue weighted by Crippen LogP contribution is 2.33. The first kappa shape index (κ1) is 11.8. The van der Waals surface area contributed by atoms with Crippen LogP contribution in [-0.2, 0) is 0 Å². The summed E-state index contributed by atoms with van der Waals surface area (Å²) in [5, 5.41) is 8.98. The van der Waals surface area contributed by atoms with E-state index >= 15 is 0 Å². The highest BCUT2D eigenvalue weighted by Gasteiger charge is 2.41. The smallest absolute Gasteiger partial charge is 0.407 e. The number of hydrogen-bond donors (Lipinski definition) is 1. The van der Waals surface area contributed by atoms with Crippen molar-refractivity contribution in [2.45, 2.75) is 0 Å². The van der Waals surface area contributed by atoms with Crippen LogP contribution in [0.4, 0.5) is 10.6 Å². The molecule has 2 saturated heterocycles. The lowest BCUT2D eigenvalue weighted by Gasteiger charge is -2.20. The first-order chi connectivity index (χ1) is 8.63. The Balaban J connectivity index is 1.68. The first-order valence-electron chi connectivity index (χ1n) is 5.98. The van der Waals surface area contributed by atoms with Crippen molar-refractivity contribution in [1.29, 1.82) is 0 Å². The quantitative estimate of drug-likeness (QED) is 0.860. The van der Waals surface area contributed by atoms with Crippen LogP contribution in [0.1, 0.15) is 0 Å². The summed E-state index contributed by atoms with van der Waals surface area (Å²) in [6.07, 6.45) is 1.00. The highest BCUT2D eigenvalue weighted by molar-refractivity contribution is 9.10. The van der Waals surface area contributed by atoms with E-state index in [1.165, 1.54) is 4.90 Å². The summed E-state index contributed by atoms with van der Waals surface area (Å²) in [6, 6.07) is 3.99. The molecule has 0 spiro atoms. The number of likely N-dealkylation sites (tertiary alicyclic amines) is 1. The predicted octanol–water partition coefficient (Wildman–Crippen LogP) is 1.89. The molecule has 1 amide bonds. The Morgan fingerprint density at radius 1 is 1.28 bits per heavy atom. The molecule has 2 atom stereocenters. The second-order valence-corrected chi connectivity index (χ2v) is 5.86. The van der Waals surface area contributed by atoms with Gasteiger partial charge in [0, 0.05) is 48.7 Å². The number of nitrogens with zero attached hydrogens (tertiary/aromatic N) is 3. The van der Waals surface area contributed by atoms with E-state index in [2.05, 4.69) is 25.8 Å². The Kier molecular flexibility index (Phi) is 2.89. The molecule has 0 aliphatic carbocycles. The molecule has 3 rings (SSSR count). The van der Waals surface area contributed by atoms with E-state index in [0.29, 0.717) is 24.9 Å². The van der Waals surface area contributed by atoms with Crippen molar-refractivity contribution in [2.75, 3.05) is 31.1 Å². The molecule has 0 aromatic carbocycles. The SMILES string of the molecule is O=C(O)N1C[C@@H]2CN(c3ccc(Br)cn3)C[C@@H]2C1. The van der Waals surface area contributed by atoms with Crippen LogP contribution in [-0.4, -0.2) is 47.3 Å². The summed E-state index contributed by atoms with van der Waals surface area (Å²) in [4.78, 5) is 19.1. The fourth-order valence-corrected chi connectivity index (χ4v) is 3.13. The molecule has 2 aliphatic rings. The molecule has 1 N–H and O–H groups in total. The summed E-state index contributed by atoms with van der Waals surface area (Å²) in [5.41, 5.74) is 0. The van der Waals surface area contributed by atoms with E-state index in [0.717, 1.165) is 23.4 Å². The van der Waals surface area contributed by atoms with Gasteiger partial charge in [-0.15, -0.1) is 0 Å². The van der Waals surface area contributed by atoms with Gasteiger partial charge in [-0.2, -0.15) is 0 Å². The fourth-order valence-electron chi connectivity index (χ4n) is 2.89. The number of anilines is 1. The Morgan fingerprint density at radius 2 is 1.94 bits per heavy atom. The molecule has 2 fully saturated rings. The number of pyridine rings is 1. The highest BCUT2D eigenvalue weighted by atomic mass is 79.9. The predicted molar refractivity (Wildman–Crippen MR) is 70.7 cm³/mol. The maximum absolute atomic E-state index is 10.9. The average Bonchev–Trinajstić information content (AvgIpc) is 2.87. The molecular formula is C12H14BrN3O2. The van der Waals surface area contributed by atoms with Crippen LogP contribution >= 0.6 is 15.9 Å². The molecule has 0 saturated carbocycles. The molecule has 6 heteroatoms. The number of carbonyl (C=O) groups is 1. The lowest BCUT2D eigenvalue weighted by molar-refractivity contribution is 0.153. The zero-order valence-electron chi connectivity index (χ0n) is 9.79. The normalized spacial score (nSPS) is 26.5. The molecule has 0 bridgehead atoms. The van der Waals surface area contributed by atoms with Crippen LogP contribution in [0.5, 0.6) is 0 Å². The van der Waals surface area contributed by atoms with Crippen LogP contribution in [0.25, 0.3) is 0 Å². The monoisotopic (exact) mass is 311 g/mol. The number of halogens is 1. The van der Waals surface area contributed by atoms with Crippen LogP contribution in [0, 0.1) is 11.8 Å². The molecule has 1 aromatic heterocycles. The number of aromatic nitrogens is 1. The van der Waals surface area contributed by atoms with Crippen molar-refractivity contribution >= 4 is 27.8 Å². The van der Waals surface area contributed by atoms with Gasteiger partial charge in [-0.3, -0.25) is 0 Å². The van der Waals surface area contributed by atoms with Crippen molar-refractivity contribution in [3.63, 3.8) is 0 Å². The standard InChI is InChI=1S/C12H14BrN3O2/c13-10-1-2-11(14-3-10)15-4-8-6-16(12(17)18)7-9(8)5-15/h1-3,8-9H,4-7H2,(H,17,18)/t8-,9+. The largest absolute Gasteiger partial charge is 0.465 e. The van der Waals surface area contributed by atoms with E-state index in [1.807, 2.05) is 12.1 Å². The minimum absolute atomic E-state index is 0.451. The molecule has 96 valence electrons. The minimum atomic E-state index is -0.794. The van der Waals surface area contributed by atoms with Gasteiger partial charge in [0.15, 0.2) is 0 Å². The van der Waals surface area contributed by atoms with Crippen molar-refractivity contribution in [1.82, 2.24) is 9.88 Å². The third-order valence-electron chi connectivity index (χ3n) is 3.79. The van der Waals surface area contributed by atoms with E-state index < -0.39 is 6.09 Å². The van der Waals surface area contributed by atoms with E-state index in [-0.39, 0.29) is 0 Å². The Hall–Kier alpha value is -1.30. The van der Waals surface area contributed by atoms with Gasteiger partial charge in [-0.1, -0.05) is 0 Å². The summed E-state index contributed by atoms with van der Waals surface area (Å²) in [7, 11) is 0. The number of fused-ring (bicyclic) bond motifs is 1. The zero-order chi connectivity index (χ0) is 12.7. The Labute approximate surface area is 114 Å². The maximum atomic E-state index is 10.9. The summed E-state index contributed by atoms with van der Waals surface area (Å²) >= 11 is 3.37. The van der Waals surface area contributed by atoms with Gasteiger partial charge in [-0.05, 0) is 28.1 Å². The molecule has 3 heterocycles. The van der Waals surface area contributed by atoms with Crippen molar-refractivity contribution in [3.8, 4) is 0 Å². The van der Waals surface area contributed by atoms with Gasteiger partial charge >= 0.3 is 6.09 Å². The number of rotatable bonds is 1. The lowest BCUT2D eigenvalue weighted by Crippen LogP contribution is -2.32. The molecular weight excluding hydrogens is 298 g/mol. The van der Waals surface area contributed by atoms with Crippen molar-refractivity contribution in [3.05, 3.63) is 22.8 Å². The van der Waals surface area contributed by atoms with Gasteiger partial charge < -0.3 is 14.9 Å². The molecule has 0 unspecified atom stereocenters. The lowest BCUT2D eigenvalue weighted by atomic mass is 10.0. The average molecular weight is 312 g/mol. The molecule has 0 radical (unpaired) electrons. The van der Waals surface area contributed by atoms with E-state index in [1.54, 1.807) is 6.20 Å². The van der Waals surface area contributed by atoms with Gasteiger partial charge in [0.05, 0.1) is 0 Å². The number of amides is 1. The van der Waals surface area contributed by atoms with Crippen LogP contribution in [0.2, 0.25) is 0 Å². The van der Waals surface area contributed by atoms with E-state index in [9.17, 15) is 4.79 Å². The maximum Gasteiger partial charge on any atom is 0.407 e. The first-order valence-corrected chi connectivity index (χ1v) is 6.77. The van der Waals surface area contributed by atoms with Crippen LogP contribution < -0.4 is 4.90 Å². The summed E-state index contributed by atoms with van der Waals surface area (Å²) < 4.78 is 0.975. The third-order valence-corrected chi connectivity index (χ3v) is 4.26. The minimum Gasteiger partial charge on any atom is -0.465 e. The van der Waals surface area contributed by atoms with Crippen molar-refractivity contribution in [2.24, 2.45) is 11.8 Å².